The Morgan fingerprint density at radius 1 is 1.18 bits per heavy atom. The van der Waals surface area contributed by atoms with E-state index in [9.17, 15) is 18.8 Å². The predicted octanol–water partition coefficient (Wildman–Crippen LogP) is 1.38. The van der Waals surface area contributed by atoms with Crippen molar-refractivity contribution in [1.29, 1.82) is 0 Å². The molecule has 0 bridgehead atoms. The molecule has 0 spiro atoms. The molecule has 8 nitrogen and oxygen atoms in total. The SMILES string of the molecule is COCCn1c(C(=O)Nc2ccc(C)c(F)c2)cc2c(=O)n(C)c(=O)n(C)c21. The van der Waals surface area contributed by atoms with Crippen molar-refractivity contribution in [3.8, 4) is 0 Å². The lowest BCUT2D eigenvalue weighted by Crippen LogP contribution is -2.37. The molecular formula is C19H21FN4O4. The number of anilines is 1. The Kier molecular flexibility index (Phi) is 5.19. The van der Waals surface area contributed by atoms with Crippen molar-refractivity contribution in [3.63, 3.8) is 0 Å². The van der Waals surface area contributed by atoms with E-state index in [2.05, 4.69) is 5.32 Å². The first-order valence-corrected chi connectivity index (χ1v) is 8.62. The summed E-state index contributed by atoms with van der Waals surface area (Å²) >= 11 is 0. The van der Waals surface area contributed by atoms with Crippen molar-refractivity contribution >= 4 is 22.6 Å². The molecule has 3 aromatic rings. The third-order valence-corrected chi connectivity index (χ3v) is 4.68. The normalized spacial score (nSPS) is 11.2. The molecule has 1 amide bonds. The van der Waals surface area contributed by atoms with E-state index in [0.29, 0.717) is 16.9 Å². The van der Waals surface area contributed by atoms with Crippen molar-refractivity contribution < 1.29 is 13.9 Å². The van der Waals surface area contributed by atoms with Crippen LogP contribution in [0.15, 0.2) is 33.9 Å². The van der Waals surface area contributed by atoms with Gasteiger partial charge in [0.05, 0.1) is 12.0 Å². The molecule has 2 heterocycles. The number of rotatable bonds is 5. The maximum absolute atomic E-state index is 13.8. The number of hydrogen-bond acceptors (Lipinski definition) is 4. The molecule has 0 fully saturated rings. The van der Waals surface area contributed by atoms with Crippen LogP contribution in [0.1, 0.15) is 16.1 Å². The molecular weight excluding hydrogens is 367 g/mol. The van der Waals surface area contributed by atoms with Crippen LogP contribution in [0.3, 0.4) is 0 Å². The Bertz CT molecular complexity index is 1190. The third kappa shape index (κ3) is 3.24. The minimum Gasteiger partial charge on any atom is -0.383 e. The highest BCUT2D eigenvalue weighted by atomic mass is 19.1. The Hall–Kier alpha value is -3.20. The molecule has 1 N–H and O–H groups in total. The van der Waals surface area contributed by atoms with Crippen LogP contribution in [0.4, 0.5) is 10.1 Å². The van der Waals surface area contributed by atoms with Gasteiger partial charge in [-0.2, -0.15) is 0 Å². The van der Waals surface area contributed by atoms with Gasteiger partial charge < -0.3 is 14.6 Å². The summed E-state index contributed by atoms with van der Waals surface area (Å²) in [5.74, 6) is -0.959. The Morgan fingerprint density at radius 3 is 2.54 bits per heavy atom. The predicted molar refractivity (Wildman–Crippen MR) is 103 cm³/mol. The fraction of sp³-hybridized carbons (Fsp3) is 0.316. The van der Waals surface area contributed by atoms with Crippen molar-refractivity contribution in [1.82, 2.24) is 13.7 Å². The summed E-state index contributed by atoms with van der Waals surface area (Å²) in [6, 6.07) is 5.81. The molecule has 0 saturated heterocycles. The largest absolute Gasteiger partial charge is 0.383 e. The molecule has 2 aromatic heterocycles. The molecule has 28 heavy (non-hydrogen) atoms. The van der Waals surface area contributed by atoms with Gasteiger partial charge in [-0.05, 0) is 30.7 Å². The van der Waals surface area contributed by atoms with E-state index in [4.69, 9.17) is 4.74 Å². The van der Waals surface area contributed by atoms with Gasteiger partial charge in [-0.25, -0.2) is 9.18 Å². The van der Waals surface area contributed by atoms with E-state index in [1.807, 2.05) is 0 Å². The highest BCUT2D eigenvalue weighted by molar-refractivity contribution is 6.06. The standard InChI is InChI=1S/C19H21FN4O4/c1-11-5-6-12(9-14(11)20)21-16(25)15-10-13-17(24(15)7-8-28-4)22(2)19(27)23(3)18(13)26/h5-6,9-10H,7-8H2,1-4H3,(H,21,25). The lowest BCUT2D eigenvalue weighted by molar-refractivity contribution is 0.101. The van der Waals surface area contributed by atoms with Crippen molar-refractivity contribution in [2.75, 3.05) is 19.0 Å². The highest BCUT2D eigenvalue weighted by Crippen LogP contribution is 2.19. The first kappa shape index (κ1) is 19.6. The van der Waals surface area contributed by atoms with Crippen LogP contribution in [0.5, 0.6) is 0 Å². The number of aryl methyl sites for hydroxylation is 2. The van der Waals surface area contributed by atoms with Crippen molar-refractivity contribution in [2.24, 2.45) is 14.1 Å². The molecule has 0 aliphatic rings. The highest BCUT2D eigenvalue weighted by Gasteiger charge is 2.21. The first-order valence-electron chi connectivity index (χ1n) is 8.62. The molecule has 1 aromatic carbocycles. The number of aromatic nitrogens is 3. The number of halogens is 1. The number of methoxy groups -OCH3 is 1. The zero-order valence-corrected chi connectivity index (χ0v) is 16.1. The lowest BCUT2D eigenvalue weighted by atomic mass is 10.2. The number of benzene rings is 1. The number of amides is 1. The molecule has 3 rings (SSSR count). The van der Waals surface area contributed by atoms with Gasteiger partial charge in [0.2, 0.25) is 0 Å². The van der Waals surface area contributed by atoms with Crippen LogP contribution in [-0.4, -0.2) is 33.3 Å². The second-order valence-electron chi connectivity index (χ2n) is 6.54. The van der Waals surface area contributed by atoms with Crippen LogP contribution in [0.25, 0.3) is 11.0 Å². The van der Waals surface area contributed by atoms with Gasteiger partial charge in [0.25, 0.3) is 11.5 Å². The third-order valence-electron chi connectivity index (χ3n) is 4.68. The summed E-state index contributed by atoms with van der Waals surface area (Å²) in [5.41, 5.74) is 0.257. The van der Waals surface area contributed by atoms with Crippen LogP contribution in [-0.2, 0) is 25.4 Å². The summed E-state index contributed by atoms with van der Waals surface area (Å²) in [4.78, 5) is 37.7. The van der Waals surface area contributed by atoms with Crippen LogP contribution >= 0.6 is 0 Å². The smallest absolute Gasteiger partial charge is 0.332 e. The second kappa shape index (κ2) is 7.43. The van der Waals surface area contributed by atoms with Gasteiger partial charge in [0, 0.05) is 33.4 Å². The van der Waals surface area contributed by atoms with Gasteiger partial charge in [0.15, 0.2) is 0 Å². The fourth-order valence-corrected chi connectivity index (χ4v) is 3.10. The second-order valence-corrected chi connectivity index (χ2v) is 6.54. The van der Waals surface area contributed by atoms with Gasteiger partial charge in [-0.1, -0.05) is 6.07 Å². The monoisotopic (exact) mass is 388 g/mol. The summed E-state index contributed by atoms with van der Waals surface area (Å²) in [6.07, 6.45) is 0. The topological polar surface area (TPSA) is 87.3 Å². The summed E-state index contributed by atoms with van der Waals surface area (Å²) in [6.45, 7) is 2.15. The summed E-state index contributed by atoms with van der Waals surface area (Å²) in [7, 11) is 4.43. The first-order chi connectivity index (χ1) is 13.3. The van der Waals surface area contributed by atoms with Gasteiger partial charge in [0.1, 0.15) is 17.2 Å². The van der Waals surface area contributed by atoms with E-state index in [1.165, 1.54) is 37.9 Å². The number of hydrogen-bond donors (Lipinski definition) is 1. The van der Waals surface area contributed by atoms with Crippen molar-refractivity contribution in [2.45, 2.75) is 13.5 Å². The Balaban J connectivity index is 2.16. The quantitative estimate of drug-likeness (QED) is 0.716. The Labute approximate surface area is 159 Å². The van der Waals surface area contributed by atoms with E-state index in [1.54, 1.807) is 23.6 Å². The number of fused-ring (bicyclic) bond motifs is 1. The van der Waals surface area contributed by atoms with E-state index >= 15 is 0 Å². The number of nitrogens with one attached hydrogen (secondary N) is 1. The molecule has 0 aliphatic heterocycles. The Morgan fingerprint density at radius 2 is 1.89 bits per heavy atom. The average molecular weight is 388 g/mol. The van der Waals surface area contributed by atoms with Crippen LogP contribution < -0.4 is 16.6 Å². The van der Waals surface area contributed by atoms with E-state index in [-0.39, 0.29) is 24.2 Å². The molecule has 0 aliphatic carbocycles. The molecule has 0 saturated carbocycles. The molecule has 0 radical (unpaired) electrons. The fourth-order valence-electron chi connectivity index (χ4n) is 3.10. The van der Waals surface area contributed by atoms with Gasteiger partial charge in [-0.15, -0.1) is 0 Å². The number of carbonyl (C=O) groups is 1. The van der Waals surface area contributed by atoms with Gasteiger partial charge >= 0.3 is 5.69 Å². The number of carbonyl (C=O) groups excluding carboxylic acids is 1. The summed E-state index contributed by atoms with van der Waals surface area (Å²) < 4.78 is 22.7. The maximum Gasteiger partial charge on any atom is 0.332 e. The molecule has 148 valence electrons. The molecule has 0 atom stereocenters. The van der Waals surface area contributed by atoms with Gasteiger partial charge in [-0.3, -0.25) is 18.7 Å². The number of ether oxygens (including phenoxy) is 1. The zero-order chi connectivity index (χ0) is 20.6. The maximum atomic E-state index is 13.8. The number of nitrogens with zero attached hydrogens (tertiary/aromatic N) is 3. The minimum atomic E-state index is -0.523. The van der Waals surface area contributed by atoms with E-state index in [0.717, 1.165) is 4.57 Å². The minimum absolute atomic E-state index is 0.173. The zero-order valence-electron chi connectivity index (χ0n) is 16.1. The van der Waals surface area contributed by atoms with Crippen LogP contribution in [0, 0.1) is 12.7 Å². The average Bonchev–Trinajstić information content (AvgIpc) is 3.05. The van der Waals surface area contributed by atoms with Crippen LogP contribution in [0.2, 0.25) is 0 Å². The van der Waals surface area contributed by atoms with E-state index < -0.39 is 23.0 Å². The molecule has 9 heteroatoms. The molecule has 0 unspecified atom stereocenters. The summed E-state index contributed by atoms with van der Waals surface area (Å²) in [5, 5.41) is 2.87. The lowest BCUT2D eigenvalue weighted by Gasteiger charge is -2.13. The van der Waals surface area contributed by atoms with Crippen molar-refractivity contribution in [3.05, 3.63) is 62.2 Å².